The first-order valence-corrected chi connectivity index (χ1v) is 24.3. The Morgan fingerprint density at radius 3 is 1.58 bits per heavy atom. The van der Waals surface area contributed by atoms with Crippen LogP contribution < -0.4 is 19.3 Å². The second-order valence-corrected chi connectivity index (χ2v) is 18.9. The summed E-state index contributed by atoms with van der Waals surface area (Å²) in [6.45, 7) is 6.18. The first-order chi connectivity index (χ1) is 45.6. The van der Waals surface area contributed by atoms with Gasteiger partial charge in [-0.3, -0.25) is 4.57 Å². The second kappa shape index (κ2) is 19.3. The summed E-state index contributed by atoms with van der Waals surface area (Å²) in [4.78, 5) is 8.70. The Bertz CT molecular complexity index is 5030. The van der Waals surface area contributed by atoms with E-state index in [0.717, 1.165) is 21.9 Å². The van der Waals surface area contributed by atoms with E-state index in [2.05, 4.69) is 20.8 Å². The van der Waals surface area contributed by atoms with Crippen molar-refractivity contribution < 1.29 is 36.9 Å². The van der Waals surface area contributed by atoms with Gasteiger partial charge in [0.25, 0.3) is 0 Å². The molecule has 0 radical (unpaired) electrons. The van der Waals surface area contributed by atoms with E-state index in [9.17, 15) is 5.48 Å². The highest BCUT2D eigenvalue weighted by molar-refractivity contribution is 6.09. The Balaban J connectivity index is 0.932. The van der Waals surface area contributed by atoms with Gasteiger partial charge < -0.3 is 19.3 Å². The van der Waals surface area contributed by atoms with Crippen LogP contribution in [-0.2, 0) is 5.41 Å². The Hall–Kier alpha value is -9.65. The summed E-state index contributed by atoms with van der Waals surface area (Å²) in [5, 5.41) is 1.66. The summed E-state index contributed by atoms with van der Waals surface area (Å²) >= 11 is 0. The van der Waals surface area contributed by atoms with Crippen molar-refractivity contribution in [3.05, 3.63) is 266 Å². The molecule has 6 nitrogen and oxygen atoms in total. The lowest BCUT2D eigenvalue weighted by molar-refractivity contribution is 0.479. The van der Waals surface area contributed by atoms with Gasteiger partial charge in [-0.25, -0.2) is 4.98 Å². The van der Waals surface area contributed by atoms with E-state index in [1.54, 1.807) is 24.3 Å². The maximum atomic E-state index is 9.17. The summed E-state index contributed by atoms with van der Waals surface area (Å²) in [5.74, 6) is 1.12. The molecule has 0 unspecified atom stereocenters. The molecule has 0 N–H and O–H groups in total. The Morgan fingerprint density at radius 2 is 0.974 bits per heavy atom. The molecule has 0 bridgehead atoms. The minimum atomic E-state index is -0.630. The highest BCUT2D eigenvalue weighted by atomic mass is 16.5. The van der Waals surface area contributed by atoms with Crippen LogP contribution in [0.2, 0.25) is 0 Å². The Labute approximate surface area is 472 Å². The molecule has 3 heterocycles. The zero-order chi connectivity index (χ0) is 68.6. The lowest BCUT2D eigenvalue weighted by Crippen LogP contribution is -2.25. The number of nitrogens with zero attached hydrogens (tertiary/aromatic N) is 4. The van der Waals surface area contributed by atoms with Gasteiger partial charge in [0.15, 0.2) is 0 Å². The number of hydrogen-bond acceptors (Lipinski definition) is 5. The number of hydrogen-bond donors (Lipinski definition) is 0. The maximum Gasteiger partial charge on any atom is 0.143 e. The first kappa shape index (κ1) is 29.3. The van der Waals surface area contributed by atoms with Gasteiger partial charge in [0.2, 0.25) is 0 Å². The second-order valence-electron chi connectivity index (χ2n) is 18.9. The van der Waals surface area contributed by atoms with Gasteiger partial charge in [0.1, 0.15) is 35.5 Å². The highest BCUT2D eigenvalue weighted by Crippen LogP contribution is 2.51. The highest BCUT2D eigenvalue weighted by Gasteiger charge is 2.32. The van der Waals surface area contributed by atoms with Crippen LogP contribution in [0.3, 0.4) is 0 Å². The monoisotopic (exact) mass is 1000 g/mol. The van der Waals surface area contributed by atoms with Gasteiger partial charge in [0.05, 0.1) is 55.5 Å². The van der Waals surface area contributed by atoms with Gasteiger partial charge in [0, 0.05) is 63.1 Å². The van der Waals surface area contributed by atoms with E-state index in [4.69, 9.17) is 36.4 Å². The summed E-state index contributed by atoms with van der Waals surface area (Å²) in [6.07, 6.45) is 1.49. The SMILES string of the molecule is [2H]c1c([2H])c([2H])c(-c2cccc(-c3c([2H])c([2H])c([2H])c([2H])c3[2H])c2Oc2ccnc(-n3c4ccccc4c4ccc(Oc5cc(N6CN(c7c(-c8c([2H])c([2H])c([2H])c([2H])c8[2H])cccc7-c7c([2H])c([2H])c([2H])c([2H])c7[2H])c7ccccc76)cc(C(C)(C)C)c5)cc43)c2)c([2H])c1[2H]. The topological polar surface area (TPSA) is 42.8 Å². The van der Waals surface area contributed by atoms with Gasteiger partial charge in [-0.1, -0.05) is 208 Å². The molecular weight excluding hydrogens is 929 g/mol. The number of benzene rings is 10. The zero-order valence-corrected chi connectivity index (χ0v) is 41.1. The van der Waals surface area contributed by atoms with Gasteiger partial charge in [-0.15, -0.1) is 0 Å². The van der Waals surface area contributed by atoms with Crippen LogP contribution in [0.1, 0.15) is 53.7 Å². The third-order valence-corrected chi connectivity index (χ3v) is 13.3. The Kier molecular flexibility index (Phi) is 7.45. The van der Waals surface area contributed by atoms with Crippen LogP contribution in [0.5, 0.6) is 23.0 Å². The number of pyridine rings is 1. The van der Waals surface area contributed by atoms with Crippen LogP contribution in [0, 0.1) is 0 Å². The number of para-hydroxylation sites is 5. The standard InChI is InChI=1S/C70H54N4O2/c1-70(2,3)52-42-53(72-47-73(65-37-19-18-36-64(65)72)68-57(48-22-8-4-9-23-48)31-20-32-58(68)49-24-10-5-11-25-49)44-56(43-52)75-54-38-39-62-61-30-16-17-35-63(61)74(66(62)45-54)67-46-55(40-41-71-67)76-69-59(50-26-12-6-13-27-50)33-21-34-60(69)51-28-14-7-15-29-51/h4-46H,47H2,1-3H3/i4D,5D,6D,7D,8D,9D,10D,11D,12D,13D,14D,15D,22D,23D,24D,25D,26D,27D,28D,29D. The van der Waals surface area contributed by atoms with Crippen LogP contribution >= 0.6 is 0 Å². The average Bonchev–Trinajstić information content (AvgIpc) is 1.32. The predicted molar refractivity (Wildman–Crippen MR) is 314 cm³/mol. The number of ether oxygens (including phenoxy) is 2. The van der Waals surface area contributed by atoms with Crippen LogP contribution in [0.25, 0.3) is 72.1 Å². The summed E-state index contributed by atoms with van der Waals surface area (Å²) in [5.41, 5.74) is 3.36. The smallest absolute Gasteiger partial charge is 0.143 e. The molecule has 0 fully saturated rings. The van der Waals surface area contributed by atoms with Gasteiger partial charge in [-0.05, 0) is 81.8 Å². The number of anilines is 4. The normalized spacial score (nSPS) is 16.0. The molecule has 0 saturated carbocycles. The zero-order valence-electron chi connectivity index (χ0n) is 61.1. The summed E-state index contributed by atoms with van der Waals surface area (Å²) in [7, 11) is 0. The van der Waals surface area contributed by atoms with Crippen molar-refractivity contribution in [2.45, 2.75) is 26.2 Å². The minimum absolute atomic E-state index is 0.00411. The Morgan fingerprint density at radius 1 is 0.447 bits per heavy atom. The molecule has 10 aromatic carbocycles. The quantitative estimate of drug-likeness (QED) is 0.129. The molecule has 1 aliphatic heterocycles. The van der Waals surface area contributed by atoms with Gasteiger partial charge >= 0.3 is 0 Å². The minimum Gasteiger partial charge on any atom is -0.457 e. The lowest BCUT2D eigenvalue weighted by Gasteiger charge is -2.28. The molecule has 12 aromatic rings. The number of fused-ring (bicyclic) bond motifs is 4. The first-order valence-electron chi connectivity index (χ1n) is 34.3. The predicted octanol–water partition coefficient (Wildman–Crippen LogP) is 19.0. The largest absolute Gasteiger partial charge is 0.457 e. The van der Waals surface area contributed by atoms with E-state index < -0.39 is 126 Å². The van der Waals surface area contributed by atoms with E-state index in [0.29, 0.717) is 39.9 Å². The molecule has 0 atom stereocenters. The number of rotatable bonds is 11. The maximum absolute atomic E-state index is 9.17. The van der Waals surface area contributed by atoms with E-state index in [-0.39, 0.29) is 68.4 Å². The van der Waals surface area contributed by atoms with Crippen molar-refractivity contribution in [1.29, 1.82) is 0 Å². The van der Waals surface area contributed by atoms with E-state index in [1.807, 2.05) is 99.3 Å². The molecule has 0 spiro atoms. The molecule has 0 aliphatic carbocycles. The lowest BCUT2D eigenvalue weighted by atomic mass is 9.86. The van der Waals surface area contributed by atoms with E-state index in [1.165, 1.54) is 30.5 Å². The molecule has 1 aliphatic rings. The molecule has 76 heavy (non-hydrogen) atoms. The fourth-order valence-electron chi connectivity index (χ4n) is 9.77. The molecule has 6 heteroatoms. The van der Waals surface area contributed by atoms with Crippen molar-refractivity contribution in [2.75, 3.05) is 16.5 Å². The van der Waals surface area contributed by atoms with Crippen molar-refractivity contribution in [3.63, 3.8) is 0 Å². The third kappa shape index (κ3) is 8.59. The van der Waals surface area contributed by atoms with Gasteiger partial charge in [-0.2, -0.15) is 0 Å². The number of aromatic nitrogens is 2. The van der Waals surface area contributed by atoms with Crippen molar-refractivity contribution in [1.82, 2.24) is 9.55 Å². The van der Waals surface area contributed by atoms with Crippen molar-refractivity contribution in [3.8, 4) is 73.3 Å². The fourth-order valence-corrected chi connectivity index (χ4v) is 9.77. The van der Waals surface area contributed by atoms with Crippen molar-refractivity contribution >= 4 is 44.6 Å². The summed E-state index contributed by atoms with van der Waals surface area (Å²) in [6, 6.07) is 27.4. The third-order valence-electron chi connectivity index (χ3n) is 13.3. The van der Waals surface area contributed by atoms with E-state index >= 15 is 0 Å². The van der Waals surface area contributed by atoms with Crippen LogP contribution in [-0.4, -0.2) is 16.2 Å². The molecule has 2 aromatic heterocycles. The molecular formula is C70H54N4O2. The fraction of sp³-hybridized carbons (Fsp3) is 0.0714. The van der Waals surface area contributed by atoms with Crippen molar-refractivity contribution in [2.24, 2.45) is 0 Å². The molecule has 366 valence electrons. The average molecular weight is 1000 g/mol. The molecule has 0 saturated heterocycles. The molecule has 13 rings (SSSR count). The summed E-state index contributed by atoms with van der Waals surface area (Å²) < 4.78 is 191. The van der Waals surface area contributed by atoms with Crippen LogP contribution in [0.15, 0.2) is 261 Å². The van der Waals surface area contributed by atoms with Crippen LogP contribution in [0.4, 0.5) is 22.7 Å². The molecule has 0 amide bonds.